The molecule has 0 radical (unpaired) electrons. The largest absolute Gasteiger partial charge is 0.389 e. The van der Waals surface area contributed by atoms with Crippen LogP contribution < -0.4 is 5.32 Å². The van der Waals surface area contributed by atoms with E-state index in [9.17, 15) is 5.11 Å². The van der Waals surface area contributed by atoms with Gasteiger partial charge in [-0.1, -0.05) is 25.8 Å². The van der Waals surface area contributed by atoms with Gasteiger partial charge in [-0.25, -0.2) is 0 Å². The fraction of sp³-hybridized carbons (Fsp3) is 0.692. The smallest absolute Gasteiger partial charge is 0.0771 e. The van der Waals surface area contributed by atoms with Gasteiger partial charge in [0.05, 0.1) is 5.60 Å². The third-order valence-electron chi connectivity index (χ3n) is 3.51. The van der Waals surface area contributed by atoms with E-state index in [0.29, 0.717) is 6.04 Å². The van der Waals surface area contributed by atoms with Crippen LogP contribution in [0.5, 0.6) is 0 Å². The number of hydrogen-bond acceptors (Lipinski definition) is 3. The number of hydrogen-bond donors (Lipinski definition) is 2. The maximum Gasteiger partial charge on any atom is 0.0771 e. The van der Waals surface area contributed by atoms with Gasteiger partial charge in [0.1, 0.15) is 0 Å². The maximum absolute atomic E-state index is 10.3. The van der Waals surface area contributed by atoms with Gasteiger partial charge in [0.15, 0.2) is 0 Å². The molecule has 0 aliphatic heterocycles. The van der Waals surface area contributed by atoms with Crippen molar-refractivity contribution < 1.29 is 5.11 Å². The lowest BCUT2D eigenvalue weighted by atomic mass is 10.0. The zero-order chi connectivity index (χ0) is 11.4. The molecule has 1 aromatic rings. The van der Waals surface area contributed by atoms with Crippen molar-refractivity contribution in [2.24, 2.45) is 0 Å². The zero-order valence-electron chi connectivity index (χ0n) is 9.91. The van der Waals surface area contributed by atoms with E-state index in [4.69, 9.17) is 0 Å². The Balaban J connectivity index is 1.88. The zero-order valence-corrected chi connectivity index (χ0v) is 10.7. The fourth-order valence-corrected chi connectivity index (χ4v) is 3.34. The van der Waals surface area contributed by atoms with E-state index in [2.05, 4.69) is 29.8 Å². The summed E-state index contributed by atoms with van der Waals surface area (Å²) in [6.07, 6.45) is 5.35. The molecule has 2 N–H and O–H groups in total. The van der Waals surface area contributed by atoms with Gasteiger partial charge in [0.25, 0.3) is 0 Å². The molecule has 1 heterocycles. The molecule has 1 unspecified atom stereocenters. The van der Waals surface area contributed by atoms with Crippen molar-refractivity contribution >= 4 is 11.3 Å². The summed E-state index contributed by atoms with van der Waals surface area (Å²) < 4.78 is 0. The van der Waals surface area contributed by atoms with E-state index < -0.39 is 5.60 Å². The molecular formula is C13H21NOS. The molecule has 3 heteroatoms. The lowest BCUT2D eigenvalue weighted by Gasteiger charge is -2.25. The van der Waals surface area contributed by atoms with Crippen molar-refractivity contribution in [2.45, 2.75) is 50.7 Å². The highest BCUT2D eigenvalue weighted by atomic mass is 32.1. The Bertz CT molecular complexity index is 304. The van der Waals surface area contributed by atoms with E-state index in [0.717, 1.165) is 25.8 Å². The Labute approximate surface area is 102 Å². The molecule has 0 spiro atoms. The summed E-state index contributed by atoms with van der Waals surface area (Å²) in [5.41, 5.74) is -0.440. The summed E-state index contributed by atoms with van der Waals surface area (Å²) in [6, 6.07) is 4.67. The minimum Gasteiger partial charge on any atom is -0.389 e. The minimum absolute atomic E-state index is 0.407. The maximum atomic E-state index is 10.3. The van der Waals surface area contributed by atoms with E-state index in [1.165, 1.54) is 17.7 Å². The molecule has 0 saturated heterocycles. The van der Waals surface area contributed by atoms with Crippen molar-refractivity contribution in [1.29, 1.82) is 0 Å². The monoisotopic (exact) mass is 239 g/mol. The predicted octanol–water partition coefficient (Wildman–Crippen LogP) is 3.09. The molecule has 1 saturated carbocycles. The summed E-state index contributed by atoms with van der Waals surface area (Å²) in [5.74, 6) is 0. The molecule has 1 aliphatic rings. The van der Waals surface area contributed by atoms with Crippen LogP contribution in [0.3, 0.4) is 0 Å². The molecule has 2 rings (SSSR count). The van der Waals surface area contributed by atoms with Crippen LogP contribution in [0, 0.1) is 0 Å². The summed E-state index contributed by atoms with van der Waals surface area (Å²) in [6.45, 7) is 2.93. The van der Waals surface area contributed by atoms with Gasteiger partial charge < -0.3 is 10.4 Å². The third kappa shape index (κ3) is 2.84. The van der Waals surface area contributed by atoms with Crippen LogP contribution in [0.15, 0.2) is 17.5 Å². The highest BCUT2D eigenvalue weighted by Gasteiger charge is 2.31. The SMILES string of the molecule is CCC(NCC1(O)CCCC1)c1cccs1. The lowest BCUT2D eigenvalue weighted by Crippen LogP contribution is -2.39. The number of thiophene rings is 1. The molecule has 16 heavy (non-hydrogen) atoms. The van der Waals surface area contributed by atoms with Gasteiger partial charge in [-0.05, 0) is 30.7 Å². The first-order valence-corrected chi connectivity index (χ1v) is 7.11. The van der Waals surface area contributed by atoms with Crippen molar-refractivity contribution in [1.82, 2.24) is 5.32 Å². The highest BCUT2D eigenvalue weighted by molar-refractivity contribution is 7.10. The second kappa shape index (κ2) is 5.30. The first-order chi connectivity index (χ1) is 7.73. The molecule has 1 fully saturated rings. The normalized spacial score (nSPS) is 21.1. The van der Waals surface area contributed by atoms with Crippen molar-refractivity contribution in [2.75, 3.05) is 6.54 Å². The Morgan fingerprint density at radius 2 is 2.25 bits per heavy atom. The molecule has 1 atom stereocenters. The van der Waals surface area contributed by atoms with Crippen molar-refractivity contribution in [3.63, 3.8) is 0 Å². The number of aliphatic hydroxyl groups is 1. The van der Waals surface area contributed by atoms with Crippen LogP contribution in [0.25, 0.3) is 0 Å². The minimum atomic E-state index is -0.440. The molecule has 0 amide bonds. The van der Waals surface area contributed by atoms with Crippen molar-refractivity contribution in [3.8, 4) is 0 Å². The first-order valence-electron chi connectivity index (χ1n) is 6.23. The Morgan fingerprint density at radius 3 is 2.81 bits per heavy atom. The van der Waals surface area contributed by atoms with Crippen LogP contribution in [-0.2, 0) is 0 Å². The van der Waals surface area contributed by atoms with E-state index in [1.807, 2.05) is 0 Å². The van der Waals surface area contributed by atoms with Gasteiger partial charge in [0, 0.05) is 17.5 Å². The van der Waals surface area contributed by atoms with Crippen LogP contribution in [0.1, 0.15) is 49.9 Å². The van der Waals surface area contributed by atoms with Crippen molar-refractivity contribution in [3.05, 3.63) is 22.4 Å². The lowest BCUT2D eigenvalue weighted by molar-refractivity contribution is 0.0447. The van der Waals surface area contributed by atoms with Gasteiger partial charge in [-0.3, -0.25) is 0 Å². The average molecular weight is 239 g/mol. The first kappa shape index (κ1) is 12.1. The summed E-state index contributed by atoms with van der Waals surface area (Å²) in [5, 5.41) is 15.9. The molecule has 1 aromatic heterocycles. The molecule has 0 aromatic carbocycles. The average Bonchev–Trinajstić information content (AvgIpc) is 2.91. The summed E-state index contributed by atoms with van der Waals surface area (Å²) in [7, 11) is 0. The quantitative estimate of drug-likeness (QED) is 0.827. The predicted molar refractivity (Wildman–Crippen MR) is 68.8 cm³/mol. The molecule has 0 bridgehead atoms. The molecule has 2 nitrogen and oxygen atoms in total. The summed E-state index contributed by atoms with van der Waals surface area (Å²) >= 11 is 1.79. The molecule has 1 aliphatic carbocycles. The Morgan fingerprint density at radius 1 is 1.50 bits per heavy atom. The van der Waals surface area contributed by atoms with E-state index >= 15 is 0 Å². The van der Waals surface area contributed by atoms with E-state index in [-0.39, 0.29) is 0 Å². The Hall–Kier alpha value is -0.380. The molecule has 90 valence electrons. The standard InChI is InChI=1S/C13H21NOS/c1-2-11(12-6-5-9-16-12)14-10-13(15)7-3-4-8-13/h5-6,9,11,14-15H,2-4,7-8,10H2,1H3. The summed E-state index contributed by atoms with van der Waals surface area (Å²) in [4.78, 5) is 1.38. The van der Waals surface area contributed by atoms with Gasteiger partial charge in [-0.2, -0.15) is 0 Å². The second-order valence-corrected chi connectivity index (χ2v) is 5.77. The highest BCUT2D eigenvalue weighted by Crippen LogP contribution is 2.30. The third-order valence-corrected chi connectivity index (χ3v) is 4.49. The molecular weight excluding hydrogens is 218 g/mol. The second-order valence-electron chi connectivity index (χ2n) is 4.79. The Kier molecular flexibility index (Phi) is 4.00. The van der Waals surface area contributed by atoms with Crippen LogP contribution in [0.2, 0.25) is 0 Å². The van der Waals surface area contributed by atoms with Gasteiger partial charge in [-0.15, -0.1) is 11.3 Å². The van der Waals surface area contributed by atoms with Gasteiger partial charge >= 0.3 is 0 Å². The van der Waals surface area contributed by atoms with Crippen LogP contribution in [-0.4, -0.2) is 17.3 Å². The number of nitrogens with one attached hydrogen (secondary N) is 1. The van der Waals surface area contributed by atoms with Crippen LogP contribution in [0.4, 0.5) is 0 Å². The van der Waals surface area contributed by atoms with E-state index in [1.54, 1.807) is 11.3 Å². The van der Waals surface area contributed by atoms with Crippen LogP contribution >= 0.6 is 11.3 Å². The van der Waals surface area contributed by atoms with Gasteiger partial charge in [0.2, 0.25) is 0 Å². The topological polar surface area (TPSA) is 32.3 Å². The fourth-order valence-electron chi connectivity index (χ4n) is 2.46. The number of rotatable bonds is 5.